The van der Waals surface area contributed by atoms with Gasteiger partial charge in [0.1, 0.15) is 0 Å². The molecule has 0 radical (unpaired) electrons. The van der Waals surface area contributed by atoms with Crippen molar-refractivity contribution in [3.8, 4) is 0 Å². The Morgan fingerprint density at radius 1 is 1.75 bits per heavy atom. The van der Waals surface area contributed by atoms with E-state index in [1.807, 2.05) is 0 Å². The standard InChI is InChI=1S/C5H8O2S/c1-3-4(8-2)5(6)7/h3H,1-2H3,(H,6,7)/b4-3-. The monoisotopic (exact) mass is 132 g/mol. The zero-order chi connectivity index (χ0) is 6.57. The van der Waals surface area contributed by atoms with Crippen molar-refractivity contribution in [2.75, 3.05) is 6.26 Å². The van der Waals surface area contributed by atoms with Crippen LogP contribution < -0.4 is 0 Å². The first-order valence-corrected chi connectivity index (χ1v) is 3.38. The van der Waals surface area contributed by atoms with Crippen molar-refractivity contribution >= 4 is 17.7 Å². The Bertz CT molecular complexity index is 118. The molecule has 0 bridgehead atoms. The fourth-order valence-electron chi connectivity index (χ4n) is 0.329. The number of allylic oxidation sites excluding steroid dienone is 1. The Morgan fingerprint density at radius 2 is 2.25 bits per heavy atom. The van der Waals surface area contributed by atoms with Crippen LogP contribution in [0.2, 0.25) is 0 Å². The van der Waals surface area contributed by atoms with Gasteiger partial charge in [0, 0.05) is 0 Å². The summed E-state index contributed by atoms with van der Waals surface area (Å²) in [6, 6.07) is 0. The van der Waals surface area contributed by atoms with E-state index in [1.165, 1.54) is 11.8 Å². The number of thioether (sulfide) groups is 1. The predicted octanol–water partition coefficient (Wildman–Crippen LogP) is 1.34. The van der Waals surface area contributed by atoms with Crippen LogP contribution in [0.3, 0.4) is 0 Å². The summed E-state index contributed by atoms with van der Waals surface area (Å²) in [5, 5.41) is 8.28. The van der Waals surface area contributed by atoms with Crippen LogP contribution in [0.4, 0.5) is 0 Å². The molecule has 0 heterocycles. The Morgan fingerprint density at radius 3 is 2.25 bits per heavy atom. The Labute approximate surface area is 52.6 Å². The highest BCUT2D eigenvalue weighted by molar-refractivity contribution is 8.03. The van der Waals surface area contributed by atoms with Gasteiger partial charge in [0.05, 0.1) is 4.91 Å². The van der Waals surface area contributed by atoms with Crippen molar-refractivity contribution in [3.05, 3.63) is 11.0 Å². The Balaban J connectivity index is 3.92. The molecule has 0 aromatic carbocycles. The van der Waals surface area contributed by atoms with Gasteiger partial charge in [0.15, 0.2) is 0 Å². The molecular formula is C5H8O2S. The highest BCUT2D eigenvalue weighted by Gasteiger charge is 2.00. The number of hydrogen-bond donors (Lipinski definition) is 1. The average molecular weight is 132 g/mol. The average Bonchev–Trinajstić information content (AvgIpc) is 1.69. The quantitative estimate of drug-likeness (QED) is 0.576. The van der Waals surface area contributed by atoms with Crippen molar-refractivity contribution < 1.29 is 9.90 Å². The number of hydrogen-bond acceptors (Lipinski definition) is 2. The van der Waals surface area contributed by atoms with Crippen molar-refractivity contribution in [1.29, 1.82) is 0 Å². The van der Waals surface area contributed by atoms with Gasteiger partial charge in [-0.3, -0.25) is 0 Å². The first-order valence-electron chi connectivity index (χ1n) is 2.16. The fourth-order valence-corrected chi connectivity index (χ4v) is 0.739. The maximum absolute atomic E-state index is 10.1. The van der Waals surface area contributed by atoms with E-state index in [1.54, 1.807) is 19.3 Å². The Kier molecular flexibility index (Phi) is 3.35. The van der Waals surface area contributed by atoms with Crippen molar-refractivity contribution in [2.45, 2.75) is 6.92 Å². The van der Waals surface area contributed by atoms with E-state index in [4.69, 9.17) is 5.11 Å². The fraction of sp³-hybridized carbons (Fsp3) is 0.400. The lowest BCUT2D eigenvalue weighted by Crippen LogP contribution is -1.94. The van der Waals surface area contributed by atoms with Gasteiger partial charge in [-0.2, -0.15) is 0 Å². The summed E-state index contributed by atoms with van der Waals surface area (Å²) >= 11 is 1.24. The maximum atomic E-state index is 10.1. The van der Waals surface area contributed by atoms with E-state index in [0.29, 0.717) is 4.91 Å². The second-order valence-corrected chi connectivity index (χ2v) is 2.01. The van der Waals surface area contributed by atoms with Gasteiger partial charge in [0.25, 0.3) is 0 Å². The van der Waals surface area contributed by atoms with E-state index in [2.05, 4.69) is 0 Å². The zero-order valence-electron chi connectivity index (χ0n) is 4.84. The predicted molar refractivity (Wildman–Crippen MR) is 34.9 cm³/mol. The first-order chi connectivity index (χ1) is 3.72. The lowest BCUT2D eigenvalue weighted by molar-refractivity contribution is -0.131. The third-order valence-corrected chi connectivity index (χ3v) is 1.54. The number of carboxylic acids is 1. The molecule has 46 valence electrons. The van der Waals surface area contributed by atoms with Gasteiger partial charge < -0.3 is 5.11 Å². The van der Waals surface area contributed by atoms with Crippen LogP contribution in [0.1, 0.15) is 6.92 Å². The molecule has 0 aromatic rings. The minimum Gasteiger partial charge on any atom is -0.477 e. The molecule has 0 aliphatic carbocycles. The van der Waals surface area contributed by atoms with E-state index >= 15 is 0 Å². The summed E-state index contributed by atoms with van der Waals surface area (Å²) in [6.07, 6.45) is 3.32. The summed E-state index contributed by atoms with van der Waals surface area (Å²) in [6.45, 7) is 1.71. The van der Waals surface area contributed by atoms with Crippen LogP contribution in [0.15, 0.2) is 11.0 Å². The first kappa shape index (κ1) is 7.56. The molecule has 2 nitrogen and oxygen atoms in total. The third-order valence-electron chi connectivity index (χ3n) is 0.693. The minimum atomic E-state index is -0.847. The largest absolute Gasteiger partial charge is 0.477 e. The molecule has 0 fully saturated rings. The molecule has 3 heteroatoms. The van der Waals surface area contributed by atoms with Gasteiger partial charge >= 0.3 is 5.97 Å². The smallest absolute Gasteiger partial charge is 0.341 e. The highest BCUT2D eigenvalue weighted by Crippen LogP contribution is 2.09. The Hall–Kier alpha value is -0.440. The topological polar surface area (TPSA) is 37.3 Å². The second kappa shape index (κ2) is 3.55. The van der Waals surface area contributed by atoms with Gasteiger partial charge in [0.2, 0.25) is 0 Å². The van der Waals surface area contributed by atoms with Crippen LogP contribution in [0, 0.1) is 0 Å². The number of carboxylic acid groups (broad SMARTS) is 1. The van der Waals surface area contributed by atoms with Crippen LogP contribution in [0.25, 0.3) is 0 Å². The maximum Gasteiger partial charge on any atom is 0.341 e. The molecule has 0 atom stereocenters. The summed E-state index contributed by atoms with van der Waals surface area (Å²) < 4.78 is 0. The molecule has 0 aromatic heterocycles. The second-order valence-electron chi connectivity index (χ2n) is 1.16. The van der Waals surface area contributed by atoms with Crippen molar-refractivity contribution in [1.82, 2.24) is 0 Å². The SMILES string of the molecule is C/C=C(\SC)C(=O)O. The summed E-state index contributed by atoms with van der Waals surface area (Å²) in [7, 11) is 0. The minimum absolute atomic E-state index is 0.394. The van der Waals surface area contributed by atoms with Crippen LogP contribution in [-0.4, -0.2) is 17.3 Å². The number of aliphatic carboxylic acids is 1. The van der Waals surface area contributed by atoms with Crippen molar-refractivity contribution in [2.24, 2.45) is 0 Å². The zero-order valence-corrected chi connectivity index (χ0v) is 5.66. The molecule has 0 spiro atoms. The van der Waals surface area contributed by atoms with Crippen LogP contribution in [-0.2, 0) is 4.79 Å². The van der Waals surface area contributed by atoms with Crippen LogP contribution >= 0.6 is 11.8 Å². The van der Waals surface area contributed by atoms with Gasteiger partial charge in [-0.05, 0) is 13.2 Å². The normalized spacial score (nSPS) is 11.5. The highest BCUT2D eigenvalue weighted by atomic mass is 32.2. The van der Waals surface area contributed by atoms with Crippen LogP contribution in [0.5, 0.6) is 0 Å². The molecule has 0 aliphatic heterocycles. The van der Waals surface area contributed by atoms with Gasteiger partial charge in [-0.15, -0.1) is 11.8 Å². The molecule has 0 rings (SSSR count). The third kappa shape index (κ3) is 2.02. The lowest BCUT2D eigenvalue weighted by atomic mass is 10.5. The van der Waals surface area contributed by atoms with E-state index in [0.717, 1.165) is 0 Å². The summed E-state index contributed by atoms with van der Waals surface area (Å²) in [5.74, 6) is -0.847. The van der Waals surface area contributed by atoms with Gasteiger partial charge in [-0.1, -0.05) is 6.08 Å². The van der Waals surface area contributed by atoms with Gasteiger partial charge in [-0.25, -0.2) is 4.79 Å². The van der Waals surface area contributed by atoms with E-state index in [-0.39, 0.29) is 0 Å². The molecule has 8 heavy (non-hydrogen) atoms. The summed E-state index contributed by atoms with van der Waals surface area (Å²) in [5.41, 5.74) is 0. The molecule has 0 amide bonds. The molecule has 1 N–H and O–H groups in total. The molecule has 0 unspecified atom stereocenters. The van der Waals surface area contributed by atoms with E-state index in [9.17, 15) is 4.79 Å². The summed E-state index contributed by atoms with van der Waals surface area (Å²) in [4.78, 5) is 10.5. The lowest BCUT2D eigenvalue weighted by Gasteiger charge is -1.90. The van der Waals surface area contributed by atoms with Crippen molar-refractivity contribution in [3.63, 3.8) is 0 Å². The number of rotatable bonds is 2. The molecule has 0 saturated heterocycles. The molecular weight excluding hydrogens is 124 g/mol. The number of carbonyl (C=O) groups is 1. The molecule has 0 aliphatic rings. The molecule has 0 saturated carbocycles. The van der Waals surface area contributed by atoms with E-state index < -0.39 is 5.97 Å².